The van der Waals surface area contributed by atoms with Gasteiger partial charge in [-0.15, -0.1) is 0 Å². The Hall–Kier alpha value is -0.340. The van der Waals surface area contributed by atoms with Crippen molar-refractivity contribution in [2.45, 2.75) is 33.7 Å². The van der Waals surface area contributed by atoms with Gasteiger partial charge in [0.15, 0.2) is 0 Å². The Balaban J connectivity index is 3.04. The van der Waals surface area contributed by atoms with E-state index < -0.39 is 0 Å². The summed E-state index contributed by atoms with van der Waals surface area (Å²) in [4.78, 5) is 0. The van der Waals surface area contributed by atoms with Gasteiger partial charge in [0.2, 0.25) is 0 Å². The standard InChI is InChI=1S/C13H20BrN/c1-5-15-13(9(2)3)11-8-10(4)6-7-12(11)14/h6-9,13,15H,5H2,1-4H3. The van der Waals surface area contributed by atoms with Gasteiger partial charge in [-0.05, 0) is 31.0 Å². The minimum atomic E-state index is 0.435. The Morgan fingerprint density at radius 3 is 2.53 bits per heavy atom. The van der Waals surface area contributed by atoms with E-state index in [1.807, 2.05) is 0 Å². The average Bonchev–Trinajstić information content (AvgIpc) is 2.18. The first kappa shape index (κ1) is 12.7. The van der Waals surface area contributed by atoms with Crippen molar-refractivity contribution >= 4 is 15.9 Å². The largest absolute Gasteiger partial charge is 0.310 e. The van der Waals surface area contributed by atoms with E-state index in [0.717, 1.165) is 6.54 Å². The van der Waals surface area contributed by atoms with Crippen LogP contribution in [0.1, 0.15) is 37.9 Å². The first-order chi connectivity index (χ1) is 7.06. The molecular formula is C13H20BrN. The molecule has 1 aromatic rings. The molecule has 0 aromatic heterocycles. The quantitative estimate of drug-likeness (QED) is 0.869. The fourth-order valence-corrected chi connectivity index (χ4v) is 2.32. The van der Waals surface area contributed by atoms with E-state index in [0.29, 0.717) is 12.0 Å². The molecule has 0 amide bonds. The minimum absolute atomic E-state index is 0.435. The Bertz CT molecular complexity index is 320. The third-order valence-corrected chi connectivity index (χ3v) is 3.30. The van der Waals surface area contributed by atoms with Gasteiger partial charge in [0, 0.05) is 10.5 Å². The summed E-state index contributed by atoms with van der Waals surface area (Å²) in [5.41, 5.74) is 2.68. The van der Waals surface area contributed by atoms with Gasteiger partial charge in [0.05, 0.1) is 0 Å². The predicted molar refractivity (Wildman–Crippen MR) is 70.1 cm³/mol. The van der Waals surface area contributed by atoms with Crippen LogP contribution in [0.15, 0.2) is 22.7 Å². The summed E-state index contributed by atoms with van der Waals surface area (Å²) >= 11 is 3.63. The molecule has 2 heteroatoms. The molecule has 1 N–H and O–H groups in total. The molecule has 1 aromatic carbocycles. The maximum atomic E-state index is 3.63. The highest BCUT2D eigenvalue weighted by Gasteiger charge is 2.16. The lowest BCUT2D eigenvalue weighted by Crippen LogP contribution is -2.25. The van der Waals surface area contributed by atoms with Gasteiger partial charge in [0.25, 0.3) is 0 Å². The van der Waals surface area contributed by atoms with Gasteiger partial charge in [-0.25, -0.2) is 0 Å². The van der Waals surface area contributed by atoms with Crippen molar-refractivity contribution in [1.82, 2.24) is 5.32 Å². The zero-order valence-corrected chi connectivity index (χ0v) is 11.6. The van der Waals surface area contributed by atoms with Crippen molar-refractivity contribution in [2.24, 2.45) is 5.92 Å². The van der Waals surface area contributed by atoms with Gasteiger partial charge in [-0.2, -0.15) is 0 Å². The second kappa shape index (κ2) is 5.66. The van der Waals surface area contributed by atoms with Gasteiger partial charge < -0.3 is 5.32 Å². The van der Waals surface area contributed by atoms with Crippen molar-refractivity contribution in [3.63, 3.8) is 0 Å². The molecule has 0 saturated heterocycles. The Labute approximate surface area is 101 Å². The summed E-state index contributed by atoms with van der Waals surface area (Å²) in [5.74, 6) is 0.600. The lowest BCUT2D eigenvalue weighted by Gasteiger charge is -2.23. The molecule has 0 aliphatic rings. The van der Waals surface area contributed by atoms with Crippen molar-refractivity contribution in [1.29, 1.82) is 0 Å². The van der Waals surface area contributed by atoms with Gasteiger partial charge in [-0.1, -0.05) is 54.4 Å². The van der Waals surface area contributed by atoms with Crippen LogP contribution in [0.4, 0.5) is 0 Å². The topological polar surface area (TPSA) is 12.0 Å². The third kappa shape index (κ3) is 3.32. The Morgan fingerprint density at radius 2 is 2.00 bits per heavy atom. The highest BCUT2D eigenvalue weighted by Crippen LogP contribution is 2.29. The molecular weight excluding hydrogens is 250 g/mol. The molecule has 15 heavy (non-hydrogen) atoms. The zero-order chi connectivity index (χ0) is 11.4. The molecule has 0 saturated carbocycles. The normalized spacial score (nSPS) is 13.2. The van der Waals surface area contributed by atoms with Gasteiger partial charge >= 0.3 is 0 Å². The van der Waals surface area contributed by atoms with E-state index in [2.05, 4.69) is 67.1 Å². The van der Waals surface area contributed by atoms with E-state index in [9.17, 15) is 0 Å². The minimum Gasteiger partial charge on any atom is -0.310 e. The fraction of sp³-hybridized carbons (Fsp3) is 0.538. The first-order valence-electron chi connectivity index (χ1n) is 5.55. The molecule has 0 spiro atoms. The van der Waals surface area contributed by atoms with E-state index in [4.69, 9.17) is 0 Å². The molecule has 1 rings (SSSR count). The number of rotatable bonds is 4. The summed E-state index contributed by atoms with van der Waals surface area (Å²) in [6.07, 6.45) is 0. The number of hydrogen-bond donors (Lipinski definition) is 1. The Morgan fingerprint density at radius 1 is 1.33 bits per heavy atom. The molecule has 0 heterocycles. The van der Waals surface area contributed by atoms with Crippen LogP contribution in [0, 0.1) is 12.8 Å². The average molecular weight is 270 g/mol. The SMILES string of the molecule is CCNC(c1cc(C)ccc1Br)C(C)C. The first-order valence-corrected chi connectivity index (χ1v) is 6.35. The number of aryl methyl sites for hydroxylation is 1. The molecule has 1 atom stereocenters. The maximum Gasteiger partial charge on any atom is 0.0354 e. The molecule has 0 aliphatic heterocycles. The van der Waals surface area contributed by atoms with Crippen LogP contribution in [0.5, 0.6) is 0 Å². The van der Waals surface area contributed by atoms with Crippen molar-refractivity contribution in [3.8, 4) is 0 Å². The lowest BCUT2D eigenvalue weighted by atomic mass is 9.95. The van der Waals surface area contributed by atoms with E-state index in [-0.39, 0.29) is 0 Å². The molecule has 1 unspecified atom stereocenters. The highest BCUT2D eigenvalue weighted by atomic mass is 79.9. The molecule has 0 radical (unpaired) electrons. The third-order valence-electron chi connectivity index (χ3n) is 2.58. The van der Waals surface area contributed by atoms with E-state index in [1.54, 1.807) is 0 Å². The van der Waals surface area contributed by atoms with Crippen molar-refractivity contribution in [2.75, 3.05) is 6.54 Å². The van der Waals surface area contributed by atoms with Crippen molar-refractivity contribution < 1.29 is 0 Å². The summed E-state index contributed by atoms with van der Waals surface area (Å²) in [7, 11) is 0. The second-order valence-electron chi connectivity index (χ2n) is 4.30. The van der Waals surface area contributed by atoms with Crippen LogP contribution in [0.25, 0.3) is 0 Å². The molecule has 84 valence electrons. The Kier molecular flexibility index (Phi) is 4.81. The maximum absolute atomic E-state index is 3.63. The second-order valence-corrected chi connectivity index (χ2v) is 5.16. The molecule has 0 aliphatic carbocycles. The van der Waals surface area contributed by atoms with E-state index in [1.165, 1.54) is 15.6 Å². The summed E-state index contributed by atoms with van der Waals surface area (Å²) in [5, 5.41) is 3.54. The molecule has 1 nitrogen and oxygen atoms in total. The van der Waals surface area contributed by atoms with Crippen LogP contribution >= 0.6 is 15.9 Å². The summed E-state index contributed by atoms with van der Waals surface area (Å²) in [6.45, 7) is 9.80. The van der Waals surface area contributed by atoms with E-state index >= 15 is 0 Å². The fourth-order valence-electron chi connectivity index (χ4n) is 1.83. The number of hydrogen-bond acceptors (Lipinski definition) is 1. The van der Waals surface area contributed by atoms with Crippen molar-refractivity contribution in [3.05, 3.63) is 33.8 Å². The number of benzene rings is 1. The molecule has 0 fully saturated rings. The van der Waals surface area contributed by atoms with Crippen LogP contribution < -0.4 is 5.32 Å². The zero-order valence-electron chi connectivity index (χ0n) is 9.97. The van der Waals surface area contributed by atoms with Crippen LogP contribution in [-0.2, 0) is 0 Å². The van der Waals surface area contributed by atoms with Gasteiger partial charge in [-0.3, -0.25) is 0 Å². The van der Waals surface area contributed by atoms with Crippen LogP contribution in [0.2, 0.25) is 0 Å². The van der Waals surface area contributed by atoms with Crippen LogP contribution in [-0.4, -0.2) is 6.54 Å². The lowest BCUT2D eigenvalue weighted by molar-refractivity contribution is 0.420. The molecule has 0 bridgehead atoms. The van der Waals surface area contributed by atoms with Crippen LogP contribution in [0.3, 0.4) is 0 Å². The number of halogens is 1. The highest BCUT2D eigenvalue weighted by molar-refractivity contribution is 9.10. The smallest absolute Gasteiger partial charge is 0.0354 e. The monoisotopic (exact) mass is 269 g/mol. The predicted octanol–water partition coefficient (Wildman–Crippen LogP) is 4.06. The number of nitrogens with one attached hydrogen (secondary N) is 1. The summed E-state index contributed by atoms with van der Waals surface area (Å²) < 4.78 is 1.20. The van der Waals surface area contributed by atoms with Gasteiger partial charge in [0.1, 0.15) is 0 Å². The summed E-state index contributed by atoms with van der Waals surface area (Å²) in [6, 6.07) is 6.97.